The summed E-state index contributed by atoms with van der Waals surface area (Å²) in [6.07, 6.45) is 7.35. The van der Waals surface area contributed by atoms with Crippen molar-refractivity contribution in [1.29, 1.82) is 0 Å². The number of anilines is 1. The molecule has 18 heavy (non-hydrogen) atoms. The van der Waals surface area contributed by atoms with Gasteiger partial charge in [0.1, 0.15) is 5.82 Å². The Morgan fingerprint density at radius 3 is 2.72 bits per heavy atom. The van der Waals surface area contributed by atoms with Crippen molar-refractivity contribution < 1.29 is 0 Å². The average molecular weight is 247 g/mol. The Hall–Kier alpha value is -1.85. The van der Waals surface area contributed by atoms with E-state index < -0.39 is 0 Å². The second-order valence-corrected chi connectivity index (χ2v) is 5.04. The van der Waals surface area contributed by atoms with Gasteiger partial charge in [0.25, 0.3) is 5.56 Å². The van der Waals surface area contributed by atoms with Gasteiger partial charge in [0, 0.05) is 6.42 Å². The van der Waals surface area contributed by atoms with Crippen LogP contribution in [0.2, 0.25) is 0 Å². The topological polar surface area (TPSA) is 100 Å². The number of H-pyrrole nitrogens is 2. The summed E-state index contributed by atoms with van der Waals surface area (Å²) in [6.45, 7) is 0. The van der Waals surface area contributed by atoms with Gasteiger partial charge in [0.15, 0.2) is 11.2 Å². The smallest absolute Gasteiger partial charge is 0.278 e. The maximum atomic E-state index is 11.7. The van der Waals surface area contributed by atoms with Crippen molar-refractivity contribution in [3.8, 4) is 0 Å². The third-order valence-corrected chi connectivity index (χ3v) is 3.64. The lowest BCUT2D eigenvalue weighted by Crippen LogP contribution is -2.11. The highest BCUT2D eigenvalue weighted by Gasteiger charge is 2.16. The molecule has 0 unspecified atom stereocenters. The average Bonchev–Trinajstić information content (AvgIpc) is 2.73. The van der Waals surface area contributed by atoms with Gasteiger partial charge in [0.05, 0.1) is 0 Å². The number of hydrogen-bond donors (Lipinski definition) is 3. The van der Waals surface area contributed by atoms with Crippen molar-refractivity contribution in [3.63, 3.8) is 0 Å². The minimum Gasteiger partial charge on any atom is -0.369 e. The van der Waals surface area contributed by atoms with Crippen LogP contribution in [0.4, 0.5) is 5.95 Å². The number of fused-ring (bicyclic) bond motifs is 1. The number of nitrogen functional groups attached to an aromatic ring is 1. The van der Waals surface area contributed by atoms with Crippen molar-refractivity contribution in [3.05, 3.63) is 16.2 Å². The van der Waals surface area contributed by atoms with Crippen molar-refractivity contribution >= 4 is 17.1 Å². The summed E-state index contributed by atoms with van der Waals surface area (Å²) in [5.41, 5.74) is 6.09. The number of aromatic nitrogens is 4. The number of rotatable bonds is 2. The largest absolute Gasteiger partial charge is 0.369 e. The molecular formula is C12H17N5O. The second-order valence-electron chi connectivity index (χ2n) is 5.04. The third-order valence-electron chi connectivity index (χ3n) is 3.64. The van der Waals surface area contributed by atoms with Crippen LogP contribution in [0, 0.1) is 5.92 Å². The Morgan fingerprint density at radius 1 is 1.17 bits per heavy atom. The molecule has 0 saturated heterocycles. The van der Waals surface area contributed by atoms with Gasteiger partial charge in [0.2, 0.25) is 5.95 Å². The molecule has 6 heteroatoms. The maximum Gasteiger partial charge on any atom is 0.278 e. The summed E-state index contributed by atoms with van der Waals surface area (Å²) in [5, 5.41) is 0. The van der Waals surface area contributed by atoms with E-state index in [9.17, 15) is 4.79 Å². The van der Waals surface area contributed by atoms with Gasteiger partial charge in [-0.15, -0.1) is 0 Å². The first-order chi connectivity index (χ1) is 8.72. The summed E-state index contributed by atoms with van der Waals surface area (Å²) in [7, 11) is 0. The van der Waals surface area contributed by atoms with Crippen LogP contribution in [-0.4, -0.2) is 19.9 Å². The SMILES string of the molecule is Nc1nc2nc(CC3CCCCC3)[nH]c2c(=O)[nH]1. The predicted octanol–water partition coefficient (Wildman–Crippen LogP) is 1.35. The molecule has 1 aliphatic carbocycles. The van der Waals surface area contributed by atoms with Gasteiger partial charge in [-0.3, -0.25) is 9.78 Å². The molecule has 1 fully saturated rings. The summed E-state index contributed by atoms with van der Waals surface area (Å²) >= 11 is 0. The molecule has 0 atom stereocenters. The van der Waals surface area contributed by atoms with Gasteiger partial charge in [-0.05, 0) is 5.92 Å². The Morgan fingerprint density at radius 2 is 1.94 bits per heavy atom. The number of hydrogen-bond acceptors (Lipinski definition) is 4. The van der Waals surface area contributed by atoms with Crippen molar-refractivity contribution in [2.45, 2.75) is 38.5 Å². The molecule has 3 rings (SSSR count). The van der Waals surface area contributed by atoms with Crippen molar-refractivity contribution in [2.75, 3.05) is 5.73 Å². The number of nitrogens with two attached hydrogens (primary N) is 1. The van der Waals surface area contributed by atoms with E-state index in [0.29, 0.717) is 17.1 Å². The standard InChI is InChI=1S/C12H17N5O/c13-12-16-10-9(11(18)17-12)14-8(15-10)6-7-4-2-1-3-5-7/h7H,1-6H2,(H4,13,14,15,16,17,18). The fourth-order valence-electron chi connectivity index (χ4n) is 2.73. The predicted molar refractivity (Wildman–Crippen MR) is 69.2 cm³/mol. The summed E-state index contributed by atoms with van der Waals surface area (Å²) in [5.74, 6) is 1.64. The molecule has 96 valence electrons. The Balaban J connectivity index is 1.88. The quantitative estimate of drug-likeness (QED) is 0.745. The van der Waals surface area contributed by atoms with E-state index in [1.54, 1.807) is 0 Å². The van der Waals surface area contributed by atoms with Gasteiger partial charge in [-0.25, -0.2) is 4.98 Å². The van der Waals surface area contributed by atoms with Crippen LogP contribution in [-0.2, 0) is 6.42 Å². The second kappa shape index (κ2) is 4.44. The van der Waals surface area contributed by atoms with Gasteiger partial charge < -0.3 is 10.7 Å². The molecule has 1 saturated carbocycles. The number of nitrogens with one attached hydrogen (secondary N) is 2. The number of nitrogens with zero attached hydrogens (tertiary/aromatic N) is 2. The molecule has 2 aromatic heterocycles. The van der Waals surface area contributed by atoms with E-state index in [0.717, 1.165) is 12.2 Å². The highest BCUT2D eigenvalue weighted by Crippen LogP contribution is 2.26. The van der Waals surface area contributed by atoms with Gasteiger partial charge >= 0.3 is 0 Å². The van der Waals surface area contributed by atoms with Gasteiger partial charge in [-0.2, -0.15) is 4.98 Å². The molecular weight excluding hydrogens is 230 g/mol. The fraction of sp³-hybridized carbons (Fsp3) is 0.583. The Kier molecular flexibility index (Phi) is 2.77. The van der Waals surface area contributed by atoms with Crippen molar-refractivity contribution in [2.24, 2.45) is 5.92 Å². The molecule has 6 nitrogen and oxygen atoms in total. The maximum absolute atomic E-state index is 11.7. The first kappa shape index (κ1) is 11.3. The van der Waals surface area contributed by atoms with E-state index in [2.05, 4.69) is 19.9 Å². The molecule has 1 aliphatic rings. The minimum absolute atomic E-state index is 0.114. The number of imidazole rings is 1. The normalized spacial score (nSPS) is 17.3. The fourth-order valence-corrected chi connectivity index (χ4v) is 2.73. The van der Waals surface area contributed by atoms with Crippen LogP contribution in [0.15, 0.2) is 4.79 Å². The molecule has 0 aromatic carbocycles. The zero-order valence-electron chi connectivity index (χ0n) is 10.2. The van der Waals surface area contributed by atoms with Crippen molar-refractivity contribution in [1.82, 2.24) is 19.9 Å². The van der Waals surface area contributed by atoms with Gasteiger partial charge in [-0.1, -0.05) is 32.1 Å². The van der Waals surface area contributed by atoms with E-state index in [1.807, 2.05) is 0 Å². The molecule has 4 N–H and O–H groups in total. The molecule has 0 bridgehead atoms. The number of aromatic amines is 2. The van der Waals surface area contributed by atoms with Crippen LogP contribution in [0.5, 0.6) is 0 Å². The first-order valence-corrected chi connectivity index (χ1v) is 6.47. The summed E-state index contributed by atoms with van der Waals surface area (Å²) in [6, 6.07) is 0. The molecule has 0 spiro atoms. The molecule has 0 amide bonds. The van der Waals surface area contributed by atoms with Crippen LogP contribution in [0.25, 0.3) is 11.2 Å². The highest BCUT2D eigenvalue weighted by molar-refractivity contribution is 5.70. The van der Waals surface area contributed by atoms with E-state index in [4.69, 9.17) is 5.73 Å². The highest BCUT2D eigenvalue weighted by atomic mass is 16.1. The van der Waals surface area contributed by atoms with Crippen LogP contribution >= 0.6 is 0 Å². The van der Waals surface area contributed by atoms with Crippen LogP contribution < -0.4 is 11.3 Å². The Bertz CT molecular complexity index is 608. The summed E-state index contributed by atoms with van der Waals surface area (Å²) < 4.78 is 0. The molecule has 2 aromatic rings. The first-order valence-electron chi connectivity index (χ1n) is 6.47. The molecule has 0 aliphatic heterocycles. The lowest BCUT2D eigenvalue weighted by Gasteiger charge is -2.20. The lowest BCUT2D eigenvalue weighted by molar-refractivity contribution is 0.352. The zero-order valence-corrected chi connectivity index (χ0v) is 10.2. The Labute approximate surface area is 104 Å². The van der Waals surface area contributed by atoms with E-state index >= 15 is 0 Å². The summed E-state index contributed by atoms with van der Waals surface area (Å²) in [4.78, 5) is 25.6. The monoisotopic (exact) mass is 247 g/mol. The van der Waals surface area contributed by atoms with E-state index in [1.165, 1.54) is 32.1 Å². The zero-order chi connectivity index (χ0) is 12.5. The van der Waals surface area contributed by atoms with Crippen LogP contribution in [0.3, 0.4) is 0 Å². The van der Waals surface area contributed by atoms with E-state index in [-0.39, 0.29) is 11.5 Å². The third kappa shape index (κ3) is 2.10. The minimum atomic E-state index is -0.250. The molecule has 2 heterocycles. The van der Waals surface area contributed by atoms with Crippen LogP contribution in [0.1, 0.15) is 37.9 Å². The molecule has 0 radical (unpaired) electrons. The lowest BCUT2D eigenvalue weighted by atomic mass is 9.87.